The summed E-state index contributed by atoms with van der Waals surface area (Å²) in [5, 5.41) is 4.62. The number of anilines is 1. The molecule has 17 heavy (non-hydrogen) atoms. The molecule has 0 aliphatic carbocycles. The number of fused-ring (bicyclic) bond motifs is 1. The standard InChI is InChI=1S/C12H20N4S/c1-4-10-14-11(17-15-10)16-7-8-5-13-6-9(8)12(16,2)3/h8-9,13H,4-7H2,1-3H3. The Morgan fingerprint density at radius 2 is 2.29 bits per heavy atom. The zero-order chi connectivity index (χ0) is 12.0. The quantitative estimate of drug-likeness (QED) is 0.867. The molecule has 0 aromatic carbocycles. The van der Waals surface area contributed by atoms with Crippen LogP contribution in [0.15, 0.2) is 0 Å². The van der Waals surface area contributed by atoms with Crippen molar-refractivity contribution in [2.24, 2.45) is 11.8 Å². The minimum atomic E-state index is 0.207. The van der Waals surface area contributed by atoms with Crippen LogP contribution in [0, 0.1) is 11.8 Å². The van der Waals surface area contributed by atoms with Gasteiger partial charge >= 0.3 is 0 Å². The van der Waals surface area contributed by atoms with Crippen LogP contribution in [-0.4, -0.2) is 34.5 Å². The van der Waals surface area contributed by atoms with Crippen LogP contribution < -0.4 is 10.2 Å². The number of hydrogen-bond acceptors (Lipinski definition) is 5. The third-order valence-corrected chi connectivity index (χ3v) is 5.14. The Morgan fingerprint density at radius 3 is 2.94 bits per heavy atom. The molecule has 2 aliphatic rings. The van der Waals surface area contributed by atoms with Crippen molar-refractivity contribution in [1.29, 1.82) is 0 Å². The second-order valence-electron chi connectivity index (χ2n) is 5.64. The van der Waals surface area contributed by atoms with Gasteiger partial charge in [0.2, 0.25) is 5.13 Å². The van der Waals surface area contributed by atoms with Crippen molar-refractivity contribution >= 4 is 16.7 Å². The average Bonchev–Trinajstić information content (AvgIpc) is 2.96. The van der Waals surface area contributed by atoms with E-state index in [1.807, 2.05) is 0 Å². The molecule has 0 bridgehead atoms. The molecule has 1 aromatic rings. The van der Waals surface area contributed by atoms with Gasteiger partial charge in [0.05, 0.1) is 0 Å². The summed E-state index contributed by atoms with van der Waals surface area (Å²) < 4.78 is 4.41. The highest BCUT2D eigenvalue weighted by atomic mass is 32.1. The maximum Gasteiger partial charge on any atom is 0.205 e. The summed E-state index contributed by atoms with van der Waals surface area (Å²) >= 11 is 1.56. The van der Waals surface area contributed by atoms with Crippen LogP contribution in [0.4, 0.5) is 5.13 Å². The summed E-state index contributed by atoms with van der Waals surface area (Å²) in [6.45, 7) is 10.2. The van der Waals surface area contributed by atoms with E-state index < -0.39 is 0 Å². The number of aromatic nitrogens is 2. The van der Waals surface area contributed by atoms with Crippen molar-refractivity contribution in [2.45, 2.75) is 32.7 Å². The molecule has 2 fully saturated rings. The molecule has 2 saturated heterocycles. The molecule has 3 heterocycles. The average molecular weight is 252 g/mol. The maximum absolute atomic E-state index is 4.65. The van der Waals surface area contributed by atoms with Crippen molar-refractivity contribution in [3.05, 3.63) is 5.82 Å². The molecule has 1 N–H and O–H groups in total. The van der Waals surface area contributed by atoms with Crippen LogP contribution in [0.25, 0.3) is 0 Å². The Kier molecular flexibility index (Phi) is 2.63. The molecular weight excluding hydrogens is 232 g/mol. The fourth-order valence-electron chi connectivity index (χ4n) is 3.24. The Hall–Kier alpha value is -0.680. The predicted molar refractivity (Wildman–Crippen MR) is 70.6 cm³/mol. The van der Waals surface area contributed by atoms with Gasteiger partial charge in [-0.2, -0.15) is 4.37 Å². The van der Waals surface area contributed by atoms with E-state index >= 15 is 0 Å². The van der Waals surface area contributed by atoms with E-state index in [2.05, 4.69) is 40.3 Å². The summed E-state index contributed by atoms with van der Waals surface area (Å²) in [6, 6.07) is 0. The first-order valence-corrected chi connectivity index (χ1v) is 7.21. The highest BCUT2D eigenvalue weighted by molar-refractivity contribution is 7.09. The van der Waals surface area contributed by atoms with Crippen molar-refractivity contribution in [1.82, 2.24) is 14.7 Å². The van der Waals surface area contributed by atoms with Gasteiger partial charge in [-0.15, -0.1) is 0 Å². The molecule has 4 nitrogen and oxygen atoms in total. The number of aryl methyl sites for hydroxylation is 1. The topological polar surface area (TPSA) is 41.1 Å². The smallest absolute Gasteiger partial charge is 0.205 e. The molecule has 0 spiro atoms. The third-order valence-electron chi connectivity index (χ3n) is 4.36. The van der Waals surface area contributed by atoms with Gasteiger partial charge in [-0.05, 0) is 25.7 Å². The van der Waals surface area contributed by atoms with Crippen LogP contribution in [-0.2, 0) is 6.42 Å². The predicted octanol–water partition coefficient (Wildman–Crippen LogP) is 1.53. The lowest BCUT2D eigenvalue weighted by molar-refractivity contribution is 0.357. The Balaban J connectivity index is 1.89. The van der Waals surface area contributed by atoms with Gasteiger partial charge in [-0.1, -0.05) is 6.92 Å². The lowest BCUT2D eigenvalue weighted by Gasteiger charge is -2.35. The summed E-state index contributed by atoms with van der Waals surface area (Å²) in [6.07, 6.45) is 0.930. The van der Waals surface area contributed by atoms with Gasteiger partial charge in [0.1, 0.15) is 5.82 Å². The summed E-state index contributed by atoms with van der Waals surface area (Å²) in [4.78, 5) is 7.12. The van der Waals surface area contributed by atoms with Gasteiger partial charge in [-0.25, -0.2) is 4.98 Å². The van der Waals surface area contributed by atoms with E-state index in [-0.39, 0.29) is 5.54 Å². The molecule has 2 unspecified atom stereocenters. The van der Waals surface area contributed by atoms with E-state index in [0.29, 0.717) is 0 Å². The molecule has 0 saturated carbocycles. The molecule has 2 atom stereocenters. The summed E-state index contributed by atoms with van der Waals surface area (Å²) in [5.74, 6) is 2.51. The second kappa shape index (κ2) is 3.92. The molecule has 0 amide bonds. The Morgan fingerprint density at radius 1 is 1.47 bits per heavy atom. The van der Waals surface area contributed by atoms with E-state index in [1.165, 1.54) is 0 Å². The van der Waals surface area contributed by atoms with Gasteiger partial charge in [-0.3, -0.25) is 0 Å². The normalized spacial score (nSPS) is 30.9. The minimum absolute atomic E-state index is 0.207. The van der Waals surface area contributed by atoms with Crippen molar-refractivity contribution < 1.29 is 0 Å². The number of nitrogens with one attached hydrogen (secondary N) is 1. The molecule has 1 aromatic heterocycles. The minimum Gasteiger partial charge on any atom is -0.341 e. The zero-order valence-corrected chi connectivity index (χ0v) is 11.5. The van der Waals surface area contributed by atoms with Crippen molar-refractivity contribution in [2.75, 3.05) is 24.5 Å². The fourth-order valence-corrected chi connectivity index (χ4v) is 4.16. The van der Waals surface area contributed by atoms with Gasteiger partial charge in [0, 0.05) is 43.1 Å². The lowest BCUT2D eigenvalue weighted by atomic mass is 9.85. The number of nitrogens with zero attached hydrogens (tertiary/aromatic N) is 3. The van der Waals surface area contributed by atoms with Crippen LogP contribution in [0.2, 0.25) is 0 Å². The highest BCUT2D eigenvalue weighted by Gasteiger charge is 2.50. The lowest BCUT2D eigenvalue weighted by Crippen LogP contribution is -2.44. The molecule has 94 valence electrons. The van der Waals surface area contributed by atoms with E-state index in [4.69, 9.17) is 0 Å². The highest BCUT2D eigenvalue weighted by Crippen LogP contribution is 2.43. The van der Waals surface area contributed by atoms with Gasteiger partial charge < -0.3 is 10.2 Å². The number of rotatable bonds is 2. The summed E-state index contributed by atoms with van der Waals surface area (Å²) in [7, 11) is 0. The summed E-state index contributed by atoms with van der Waals surface area (Å²) in [5.41, 5.74) is 0.207. The van der Waals surface area contributed by atoms with E-state index in [1.54, 1.807) is 11.5 Å². The first-order chi connectivity index (χ1) is 8.13. The zero-order valence-electron chi connectivity index (χ0n) is 10.7. The van der Waals surface area contributed by atoms with Gasteiger partial charge in [0.15, 0.2) is 0 Å². The Bertz CT molecular complexity index is 414. The first-order valence-electron chi connectivity index (χ1n) is 6.44. The first kappa shape index (κ1) is 11.4. The van der Waals surface area contributed by atoms with Crippen LogP contribution in [0.1, 0.15) is 26.6 Å². The van der Waals surface area contributed by atoms with E-state index in [0.717, 1.165) is 48.8 Å². The third kappa shape index (κ3) is 1.67. The molecule has 5 heteroatoms. The maximum atomic E-state index is 4.65. The number of hydrogen-bond donors (Lipinski definition) is 1. The van der Waals surface area contributed by atoms with Crippen molar-refractivity contribution in [3.63, 3.8) is 0 Å². The second-order valence-corrected chi connectivity index (χ2v) is 6.37. The molecule has 0 radical (unpaired) electrons. The fraction of sp³-hybridized carbons (Fsp3) is 0.833. The van der Waals surface area contributed by atoms with E-state index in [9.17, 15) is 0 Å². The van der Waals surface area contributed by atoms with Crippen LogP contribution in [0.5, 0.6) is 0 Å². The molecule has 2 aliphatic heterocycles. The molecular formula is C12H20N4S. The van der Waals surface area contributed by atoms with Crippen LogP contribution in [0.3, 0.4) is 0 Å². The molecule has 3 rings (SSSR count). The van der Waals surface area contributed by atoms with Crippen LogP contribution >= 0.6 is 11.5 Å². The largest absolute Gasteiger partial charge is 0.341 e. The van der Waals surface area contributed by atoms with Gasteiger partial charge in [0.25, 0.3) is 0 Å². The van der Waals surface area contributed by atoms with Crippen molar-refractivity contribution in [3.8, 4) is 0 Å². The Labute approximate surface area is 107 Å². The SMILES string of the molecule is CCc1nsc(N2CC3CNCC3C2(C)C)n1. The monoisotopic (exact) mass is 252 g/mol.